The van der Waals surface area contributed by atoms with E-state index in [1.807, 2.05) is 13.0 Å². The van der Waals surface area contributed by atoms with Crippen molar-refractivity contribution in [1.29, 1.82) is 0 Å². The first-order chi connectivity index (χ1) is 8.35. The number of nitrogens with zero attached hydrogens (tertiary/aromatic N) is 2. The Hall–Kier alpha value is -1.42. The van der Waals surface area contributed by atoms with E-state index in [0.717, 1.165) is 44.6 Å². The van der Waals surface area contributed by atoms with E-state index < -0.39 is 0 Å². The molecule has 4 heteroatoms. The summed E-state index contributed by atoms with van der Waals surface area (Å²) in [5.74, 6) is 0.803. The molecular formula is C13H18N2O2. The van der Waals surface area contributed by atoms with Gasteiger partial charge in [-0.3, -0.25) is 4.79 Å². The highest BCUT2D eigenvalue weighted by Gasteiger charge is 2.21. The van der Waals surface area contributed by atoms with Gasteiger partial charge in [-0.2, -0.15) is 0 Å². The van der Waals surface area contributed by atoms with Gasteiger partial charge in [-0.15, -0.1) is 0 Å². The fraction of sp³-hybridized carbons (Fsp3) is 0.538. The van der Waals surface area contributed by atoms with E-state index in [1.165, 1.54) is 0 Å². The van der Waals surface area contributed by atoms with Crippen LogP contribution in [0, 0.1) is 0 Å². The molecular weight excluding hydrogens is 216 g/mol. The van der Waals surface area contributed by atoms with Crippen molar-refractivity contribution in [3.05, 3.63) is 23.9 Å². The van der Waals surface area contributed by atoms with E-state index in [2.05, 4.69) is 9.88 Å². The van der Waals surface area contributed by atoms with Crippen molar-refractivity contribution in [1.82, 2.24) is 4.98 Å². The second kappa shape index (κ2) is 5.77. The zero-order chi connectivity index (χ0) is 12.1. The van der Waals surface area contributed by atoms with Gasteiger partial charge in [-0.25, -0.2) is 4.98 Å². The number of aldehydes is 1. The predicted octanol–water partition coefficient (Wildman–Crippen LogP) is 1.90. The van der Waals surface area contributed by atoms with Gasteiger partial charge < -0.3 is 9.64 Å². The summed E-state index contributed by atoms with van der Waals surface area (Å²) in [6.07, 6.45) is 4.97. The van der Waals surface area contributed by atoms with Crippen LogP contribution in [0.1, 0.15) is 30.1 Å². The molecule has 1 fully saturated rings. The first kappa shape index (κ1) is 12.0. The van der Waals surface area contributed by atoms with Gasteiger partial charge in [0.05, 0.1) is 11.7 Å². The monoisotopic (exact) mass is 234 g/mol. The number of hydrogen-bond donors (Lipinski definition) is 0. The number of ether oxygens (including phenoxy) is 1. The zero-order valence-electron chi connectivity index (χ0n) is 10.1. The molecule has 0 spiro atoms. The lowest BCUT2D eigenvalue weighted by molar-refractivity contribution is 0.0458. The molecule has 1 saturated heterocycles. The van der Waals surface area contributed by atoms with E-state index >= 15 is 0 Å². The summed E-state index contributed by atoms with van der Waals surface area (Å²) in [6, 6.07) is 3.60. The number of pyridine rings is 1. The van der Waals surface area contributed by atoms with Gasteiger partial charge in [0, 0.05) is 25.9 Å². The summed E-state index contributed by atoms with van der Waals surface area (Å²) in [7, 11) is 0. The molecule has 2 rings (SSSR count). The number of piperidine rings is 1. The normalized spacial score (nSPS) is 17.1. The SMILES string of the molecule is CCOC1CCN(c2ncccc2C=O)CC1. The quantitative estimate of drug-likeness (QED) is 0.746. The number of anilines is 1. The van der Waals surface area contributed by atoms with Crippen molar-refractivity contribution in [2.24, 2.45) is 0 Å². The topological polar surface area (TPSA) is 42.4 Å². The summed E-state index contributed by atoms with van der Waals surface area (Å²) >= 11 is 0. The molecule has 4 nitrogen and oxygen atoms in total. The number of carbonyl (C=O) groups excluding carboxylic acids is 1. The largest absolute Gasteiger partial charge is 0.378 e. The van der Waals surface area contributed by atoms with Crippen LogP contribution < -0.4 is 4.90 Å². The molecule has 0 saturated carbocycles. The van der Waals surface area contributed by atoms with Gasteiger partial charge in [0.25, 0.3) is 0 Å². The van der Waals surface area contributed by atoms with Crippen molar-refractivity contribution < 1.29 is 9.53 Å². The van der Waals surface area contributed by atoms with Gasteiger partial charge in [0.2, 0.25) is 0 Å². The van der Waals surface area contributed by atoms with E-state index in [4.69, 9.17) is 4.74 Å². The van der Waals surface area contributed by atoms with E-state index in [0.29, 0.717) is 11.7 Å². The summed E-state index contributed by atoms with van der Waals surface area (Å²) in [5.41, 5.74) is 0.669. The minimum Gasteiger partial charge on any atom is -0.378 e. The molecule has 0 aromatic carbocycles. The molecule has 92 valence electrons. The highest BCUT2D eigenvalue weighted by molar-refractivity contribution is 5.82. The van der Waals surface area contributed by atoms with Gasteiger partial charge in [-0.05, 0) is 31.9 Å². The highest BCUT2D eigenvalue weighted by atomic mass is 16.5. The molecule has 1 aromatic rings. The maximum atomic E-state index is 10.9. The fourth-order valence-corrected chi connectivity index (χ4v) is 2.24. The molecule has 0 N–H and O–H groups in total. The predicted molar refractivity (Wildman–Crippen MR) is 66.5 cm³/mol. The Labute approximate surface area is 102 Å². The third kappa shape index (κ3) is 2.82. The van der Waals surface area contributed by atoms with Crippen molar-refractivity contribution >= 4 is 12.1 Å². The molecule has 17 heavy (non-hydrogen) atoms. The number of rotatable bonds is 4. The summed E-state index contributed by atoms with van der Waals surface area (Å²) < 4.78 is 5.61. The van der Waals surface area contributed by atoms with Crippen molar-refractivity contribution in [2.45, 2.75) is 25.9 Å². The smallest absolute Gasteiger partial charge is 0.153 e. The average molecular weight is 234 g/mol. The molecule has 1 aliphatic heterocycles. The maximum Gasteiger partial charge on any atom is 0.153 e. The van der Waals surface area contributed by atoms with Crippen LogP contribution in [-0.2, 0) is 4.74 Å². The summed E-state index contributed by atoms with van der Waals surface area (Å²) in [5, 5.41) is 0. The second-order valence-electron chi connectivity index (χ2n) is 4.18. The van der Waals surface area contributed by atoms with Crippen LogP contribution in [0.4, 0.5) is 5.82 Å². The Balaban J connectivity index is 2.02. The second-order valence-corrected chi connectivity index (χ2v) is 4.18. The molecule has 1 aliphatic rings. The molecule has 0 aliphatic carbocycles. The average Bonchev–Trinajstić information content (AvgIpc) is 2.40. The van der Waals surface area contributed by atoms with E-state index in [-0.39, 0.29) is 0 Å². The van der Waals surface area contributed by atoms with Crippen LogP contribution in [-0.4, -0.2) is 37.1 Å². The Morgan fingerprint density at radius 3 is 2.94 bits per heavy atom. The standard InChI is InChI=1S/C13H18N2O2/c1-2-17-12-5-8-15(9-6-12)13-11(10-16)4-3-7-14-13/h3-4,7,10,12H,2,5-6,8-9H2,1H3. The lowest BCUT2D eigenvalue weighted by Crippen LogP contribution is -2.38. The highest BCUT2D eigenvalue weighted by Crippen LogP contribution is 2.21. The number of aromatic nitrogens is 1. The van der Waals surface area contributed by atoms with Crippen molar-refractivity contribution in [3.8, 4) is 0 Å². The third-order valence-electron chi connectivity index (χ3n) is 3.09. The van der Waals surface area contributed by atoms with Gasteiger partial charge in [-0.1, -0.05) is 0 Å². The Morgan fingerprint density at radius 2 is 2.29 bits per heavy atom. The molecule has 0 radical (unpaired) electrons. The van der Waals surface area contributed by atoms with Crippen molar-refractivity contribution in [2.75, 3.05) is 24.6 Å². The molecule has 0 unspecified atom stereocenters. The fourth-order valence-electron chi connectivity index (χ4n) is 2.24. The Bertz CT molecular complexity index is 373. The first-order valence-corrected chi connectivity index (χ1v) is 6.12. The molecule has 1 aromatic heterocycles. The van der Waals surface area contributed by atoms with Crippen LogP contribution >= 0.6 is 0 Å². The van der Waals surface area contributed by atoms with E-state index in [9.17, 15) is 4.79 Å². The first-order valence-electron chi connectivity index (χ1n) is 6.12. The van der Waals surface area contributed by atoms with Crippen LogP contribution in [0.25, 0.3) is 0 Å². The minimum atomic E-state index is 0.361. The molecule has 0 atom stereocenters. The van der Waals surface area contributed by atoms with Crippen LogP contribution in [0.2, 0.25) is 0 Å². The zero-order valence-corrected chi connectivity index (χ0v) is 10.1. The van der Waals surface area contributed by atoms with Gasteiger partial charge >= 0.3 is 0 Å². The lowest BCUT2D eigenvalue weighted by Gasteiger charge is -2.33. The third-order valence-corrected chi connectivity index (χ3v) is 3.09. The van der Waals surface area contributed by atoms with Crippen LogP contribution in [0.3, 0.4) is 0 Å². The van der Waals surface area contributed by atoms with Gasteiger partial charge in [0.15, 0.2) is 6.29 Å². The molecule has 2 heterocycles. The minimum absolute atomic E-state index is 0.361. The maximum absolute atomic E-state index is 10.9. The van der Waals surface area contributed by atoms with Gasteiger partial charge in [0.1, 0.15) is 5.82 Å². The summed E-state index contributed by atoms with van der Waals surface area (Å²) in [6.45, 7) is 4.61. The van der Waals surface area contributed by atoms with Crippen molar-refractivity contribution in [3.63, 3.8) is 0 Å². The molecule has 0 amide bonds. The Kier molecular flexibility index (Phi) is 4.09. The molecule has 0 bridgehead atoms. The van der Waals surface area contributed by atoms with E-state index in [1.54, 1.807) is 12.3 Å². The Morgan fingerprint density at radius 1 is 1.53 bits per heavy atom. The van der Waals surface area contributed by atoms with Crippen LogP contribution in [0.5, 0.6) is 0 Å². The number of carbonyl (C=O) groups is 1. The van der Waals surface area contributed by atoms with Crippen LogP contribution in [0.15, 0.2) is 18.3 Å². The number of hydrogen-bond acceptors (Lipinski definition) is 4. The lowest BCUT2D eigenvalue weighted by atomic mass is 10.1. The summed E-state index contributed by atoms with van der Waals surface area (Å²) in [4.78, 5) is 17.4.